The van der Waals surface area contributed by atoms with Crippen molar-refractivity contribution in [2.45, 2.75) is 57.6 Å². The van der Waals surface area contributed by atoms with E-state index in [1.807, 2.05) is 13.0 Å². The Balaban J connectivity index is 1.76. The van der Waals surface area contributed by atoms with Crippen LogP contribution in [0.1, 0.15) is 51.5 Å². The second kappa shape index (κ2) is 6.80. The minimum absolute atomic E-state index is 0.521. The summed E-state index contributed by atoms with van der Waals surface area (Å²) < 4.78 is 5.28. The molecule has 118 valence electrons. The number of ether oxygens (including phenoxy) is 1. The molecule has 1 unspecified atom stereocenters. The van der Waals surface area contributed by atoms with Crippen LogP contribution in [0.2, 0.25) is 0 Å². The van der Waals surface area contributed by atoms with E-state index in [0.717, 1.165) is 25.0 Å². The quantitative estimate of drug-likeness (QED) is 0.809. The Morgan fingerprint density at radius 1 is 1.38 bits per heavy atom. The minimum Gasteiger partial charge on any atom is -0.497 e. The Morgan fingerprint density at radius 2 is 2.10 bits per heavy atom. The molecule has 0 radical (unpaired) electrons. The van der Waals surface area contributed by atoms with Gasteiger partial charge in [0, 0.05) is 12.6 Å². The summed E-state index contributed by atoms with van der Waals surface area (Å²) in [5, 5.41) is 13.8. The van der Waals surface area contributed by atoms with E-state index < -0.39 is 5.60 Å². The number of nitrogens with one attached hydrogen (secondary N) is 1. The molecule has 1 aliphatic rings. The van der Waals surface area contributed by atoms with Gasteiger partial charge in [0.1, 0.15) is 5.75 Å². The standard InChI is InChI=1S/C18H29NO2/c1-13(2)11-18(3,20)12-19-16-8-15(9-16)14-6-5-7-17(10-14)21-4/h5-7,10,13,15-16,19-20H,8-9,11-12H2,1-4H3. The van der Waals surface area contributed by atoms with Crippen LogP contribution in [0.15, 0.2) is 24.3 Å². The number of hydrogen-bond acceptors (Lipinski definition) is 3. The third-order valence-corrected chi connectivity index (χ3v) is 4.32. The Hall–Kier alpha value is -1.06. The molecule has 1 aliphatic carbocycles. The number of benzene rings is 1. The van der Waals surface area contributed by atoms with E-state index in [-0.39, 0.29) is 0 Å². The van der Waals surface area contributed by atoms with Gasteiger partial charge in [-0.3, -0.25) is 0 Å². The lowest BCUT2D eigenvalue weighted by Gasteiger charge is -2.38. The van der Waals surface area contributed by atoms with E-state index in [1.54, 1.807) is 7.11 Å². The maximum absolute atomic E-state index is 10.3. The zero-order valence-electron chi connectivity index (χ0n) is 13.7. The van der Waals surface area contributed by atoms with Crippen molar-refractivity contribution in [3.63, 3.8) is 0 Å². The van der Waals surface area contributed by atoms with Gasteiger partial charge in [-0.15, -0.1) is 0 Å². The van der Waals surface area contributed by atoms with Gasteiger partial charge in [-0.2, -0.15) is 0 Å². The van der Waals surface area contributed by atoms with Crippen LogP contribution >= 0.6 is 0 Å². The summed E-state index contributed by atoms with van der Waals surface area (Å²) in [5.74, 6) is 2.07. The highest BCUT2D eigenvalue weighted by atomic mass is 16.5. The van der Waals surface area contributed by atoms with Crippen molar-refractivity contribution in [2.24, 2.45) is 5.92 Å². The Labute approximate surface area is 128 Å². The molecule has 21 heavy (non-hydrogen) atoms. The van der Waals surface area contributed by atoms with Gasteiger partial charge in [0.25, 0.3) is 0 Å². The molecule has 1 aromatic rings. The van der Waals surface area contributed by atoms with Crippen molar-refractivity contribution in [1.82, 2.24) is 5.32 Å². The molecule has 0 bridgehead atoms. The van der Waals surface area contributed by atoms with E-state index in [9.17, 15) is 5.11 Å². The average molecular weight is 291 g/mol. The fourth-order valence-electron chi connectivity index (χ4n) is 3.27. The van der Waals surface area contributed by atoms with Gasteiger partial charge >= 0.3 is 0 Å². The van der Waals surface area contributed by atoms with Gasteiger partial charge in [-0.1, -0.05) is 26.0 Å². The highest BCUT2D eigenvalue weighted by Gasteiger charge is 2.32. The molecule has 0 aliphatic heterocycles. The van der Waals surface area contributed by atoms with Crippen LogP contribution in [-0.4, -0.2) is 30.4 Å². The average Bonchev–Trinajstić information content (AvgIpc) is 2.35. The van der Waals surface area contributed by atoms with Gasteiger partial charge in [-0.25, -0.2) is 0 Å². The summed E-state index contributed by atoms with van der Waals surface area (Å²) in [4.78, 5) is 0. The summed E-state index contributed by atoms with van der Waals surface area (Å²) in [5.41, 5.74) is 0.760. The zero-order valence-corrected chi connectivity index (χ0v) is 13.7. The van der Waals surface area contributed by atoms with E-state index in [1.165, 1.54) is 5.56 Å². The second-order valence-electron chi connectivity index (χ2n) is 7.12. The third-order valence-electron chi connectivity index (χ3n) is 4.32. The largest absolute Gasteiger partial charge is 0.497 e. The molecule has 1 aromatic carbocycles. The SMILES string of the molecule is COc1cccc(C2CC(NCC(C)(O)CC(C)C)C2)c1. The van der Waals surface area contributed by atoms with Gasteiger partial charge in [0.05, 0.1) is 12.7 Å². The monoisotopic (exact) mass is 291 g/mol. The molecule has 0 saturated heterocycles. The minimum atomic E-state index is -0.602. The Bertz CT molecular complexity index is 450. The molecule has 1 atom stereocenters. The molecule has 0 spiro atoms. The molecule has 2 rings (SSSR count). The molecule has 0 aromatic heterocycles. The number of methoxy groups -OCH3 is 1. The highest BCUT2D eigenvalue weighted by molar-refractivity contribution is 5.32. The van der Waals surface area contributed by atoms with E-state index >= 15 is 0 Å². The zero-order chi connectivity index (χ0) is 15.5. The number of rotatable bonds is 7. The van der Waals surface area contributed by atoms with Crippen LogP contribution in [-0.2, 0) is 0 Å². The summed E-state index contributed by atoms with van der Waals surface area (Å²) in [6.07, 6.45) is 3.13. The highest BCUT2D eigenvalue weighted by Crippen LogP contribution is 2.38. The first kappa shape index (κ1) is 16.3. The fraction of sp³-hybridized carbons (Fsp3) is 0.667. The van der Waals surface area contributed by atoms with Crippen molar-refractivity contribution in [2.75, 3.05) is 13.7 Å². The third kappa shape index (κ3) is 4.72. The lowest BCUT2D eigenvalue weighted by molar-refractivity contribution is 0.0320. The Morgan fingerprint density at radius 3 is 2.71 bits per heavy atom. The lowest BCUT2D eigenvalue weighted by Crippen LogP contribution is -2.47. The predicted octanol–water partition coefficient (Wildman–Crippen LogP) is 3.33. The molecule has 0 heterocycles. The van der Waals surface area contributed by atoms with Crippen molar-refractivity contribution >= 4 is 0 Å². The smallest absolute Gasteiger partial charge is 0.119 e. The normalized spacial score (nSPS) is 24.5. The summed E-state index contributed by atoms with van der Waals surface area (Å²) in [6, 6.07) is 8.89. The first-order chi connectivity index (χ1) is 9.89. The molecule has 1 fully saturated rings. The van der Waals surface area contributed by atoms with Crippen LogP contribution < -0.4 is 10.1 Å². The Kier molecular flexibility index (Phi) is 5.28. The first-order valence-electron chi connectivity index (χ1n) is 7.99. The summed E-state index contributed by atoms with van der Waals surface area (Å²) in [6.45, 7) is 6.91. The van der Waals surface area contributed by atoms with E-state index in [4.69, 9.17) is 4.74 Å². The molecular weight excluding hydrogens is 262 g/mol. The van der Waals surface area contributed by atoms with Crippen molar-refractivity contribution in [3.05, 3.63) is 29.8 Å². The maximum Gasteiger partial charge on any atom is 0.119 e. The first-order valence-corrected chi connectivity index (χ1v) is 7.99. The molecule has 2 N–H and O–H groups in total. The van der Waals surface area contributed by atoms with Crippen LogP contribution in [0.4, 0.5) is 0 Å². The van der Waals surface area contributed by atoms with Crippen LogP contribution in [0, 0.1) is 5.92 Å². The van der Waals surface area contributed by atoms with Crippen molar-refractivity contribution in [1.29, 1.82) is 0 Å². The predicted molar refractivity (Wildman–Crippen MR) is 86.8 cm³/mol. The van der Waals surface area contributed by atoms with E-state index in [0.29, 0.717) is 24.4 Å². The lowest BCUT2D eigenvalue weighted by atomic mass is 9.75. The van der Waals surface area contributed by atoms with Crippen LogP contribution in [0.3, 0.4) is 0 Å². The molecule has 0 amide bonds. The van der Waals surface area contributed by atoms with Gasteiger partial charge in [0.2, 0.25) is 0 Å². The van der Waals surface area contributed by atoms with Gasteiger partial charge in [0.15, 0.2) is 0 Å². The second-order valence-corrected chi connectivity index (χ2v) is 7.12. The molecular formula is C18H29NO2. The molecule has 3 heteroatoms. The maximum atomic E-state index is 10.3. The fourth-order valence-corrected chi connectivity index (χ4v) is 3.27. The van der Waals surface area contributed by atoms with E-state index in [2.05, 4.69) is 37.4 Å². The van der Waals surface area contributed by atoms with Crippen LogP contribution in [0.5, 0.6) is 5.75 Å². The van der Waals surface area contributed by atoms with Gasteiger partial charge in [-0.05, 0) is 55.7 Å². The molecule has 1 saturated carbocycles. The van der Waals surface area contributed by atoms with Crippen molar-refractivity contribution in [3.8, 4) is 5.75 Å². The number of hydrogen-bond donors (Lipinski definition) is 2. The van der Waals surface area contributed by atoms with Crippen molar-refractivity contribution < 1.29 is 9.84 Å². The van der Waals surface area contributed by atoms with Gasteiger partial charge < -0.3 is 15.2 Å². The van der Waals surface area contributed by atoms with Crippen LogP contribution in [0.25, 0.3) is 0 Å². The number of aliphatic hydroxyl groups is 1. The summed E-state index contributed by atoms with van der Waals surface area (Å²) >= 11 is 0. The topological polar surface area (TPSA) is 41.5 Å². The molecule has 3 nitrogen and oxygen atoms in total. The summed E-state index contributed by atoms with van der Waals surface area (Å²) in [7, 11) is 1.71.